The van der Waals surface area contributed by atoms with E-state index in [2.05, 4.69) is 10.1 Å². The van der Waals surface area contributed by atoms with Gasteiger partial charge in [-0.2, -0.15) is 10.4 Å². The van der Waals surface area contributed by atoms with Crippen molar-refractivity contribution in [1.82, 2.24) is 14.8 Å². The van der Waals surface area contributed by atoms with Crippen molar-refractivity contribution in [2.75, 3.05) is 0 Å². The summed E-state index contributed by atoms with van der Waals surface area (Å²) in [6.07, 6.45) is 1.49. The third kappa shape index (κ3) is 1.82. The number of nitriles is 1. The predicted molar refractivity (Wildman–Crippen MR) is 62.5 cm³/mol. The van der Waals surface area contributed by atoms with Crippen LogP contribution in [0.3, 0.4) is 0 Å². The summed E-state index contributed by atoms with van der Waals surface area (Å²) < 4.78 is 1.50. The van der Waals surface area contributed by atoms with Crippen LogP contribution in [-0.4, -0.2) is 25.8 Å². The Morgan fingerprint density at radius 3 is 2.78 bits per heavy atom. The number of aryl methyl sites for hydroxylation is 1. The van der Waals surface area contributed by atoms with Gasteiger partial charge in [0.15, 0.2) is 0 Å². The second kappa shape index (κ2) is 4.30. The maximum Gasteiger partial charge on any atom is 0.339 e. The molecule has 2 aromatic heterocycles. The van der Waals surface area contributed by atoms with Crippen molar-refractivity contribution < 1.29 is 9.90 Å². The molecule has 18 heavy (non-hydrogen) atoms. The van der Waals surface area contributed by atoms with E-state index in [4.69, 9.17) is 10.4 Å². The van der Waals surface area contributed by atoms with E-state index in [1.54, 1.807) is 26.0 Å². The van der Waals surface area contributed by atoms with Crippen molar-refractivity contribution in [3.8, 4) is 11.8 Å². The molecule has 1 N–H and O–H groups in total. The Hall–Kier alpha value is -2.68. The van der Waals surface area contributed by atoms with Crippen LogP contribution in [0.5, 0.6) is 0 Å². The van der Waals surface area contributed by atoms with Crippen LogP contribution in [0.4, 0.5) is 0 Å². The van der Waals surface area contributed by atoms with Crippen molar-refractivity contribution in [2.45, 2.75) is 13.8 Å². The molecule has 2 aromatic rings. The molecule has 0 aliphatic rings. The molecular formula is C12H10N4O2. The first kappa shape index (κ1) is 11.8. The van der Waals surface area contributed by atoms with E-state index in [-0.39, 0.29) is 11.3 Å². The lowest BCUT2D eigenvalue weighted by Gasteiger charge is -2.04. The molecule has 0 atom stereocenters. The van der Waals surface area contributed by atoms with Gasteiger partial charge in [0.1, 0.15) is 17.3 Å². The molecule has 6 nitrogen and oxygen atoms in total. The first-order valence-electron chi connectivity index (χ1n) is 5.20. The Morgan fingerprint density at radius 2 is 2.22 bits per heavy atom. The first-order valence-corrected chi connectivity index (χ1v) is 5.20. The van der Waals surface area contributed by atoms with E-state index >= 15 is 0 Å². The standard InChI is InChI=1S/C12H10N4O2/c1-7-11(12(17)18)8(2)16(15-7)10-3-4-14-9(5-10)6-13/h3-5H,1-2H3,(H,17,18). The molecule has 0 saturated heterocycles. The van der Waals surface area contributed by atoms with Gasteiger partial charge in [-0.25, -0.2) is 14.5 Å². The number of nitrogens with zero attached hydrogens (tertiary/aromatic N) is 4. The Morgan fingerprint density at radius 1 is 1.50 bits per heavy atom. The van der Waals surface area contributed by atoms with Gasteiger partial charge in [0.2, 0.25) is 0 Å². The van der Waals surface area contributed by atoms with Crippen LogP contribution >= 0.6 is 0 Å². The number of carboxylic acid groups (broad SMARTS) is 1. The summed E-state index contributed by atoms with van der Waals surface area (Å²) in [6.45, 7) is 3.31. The molecule has 0 fully saturated rings. The van der Waals surface area contributed by atoms with Crippen LogP contribution in [0, 0.1) is 25.2 Å². The Kier molecular flexibility index (Phi) is 2.81. The molecule has 6 heteroatoms. The largest absolute Gasteiger partial charge is 0.478 e. The highest BCUT2D eigenvalue weighted by atomic mass is 16.4. The summed E-state index contributed by atoms with van der Waals surface area (Å²) in [5.41, 5.74) is 2.03. The minimum absolute atomic E-state index is 0.185. The molecule has 0 aromatic carbocycles. The molecule has 0 saturated carbocycles. The van der Waals surface area contributed by atoms with Gasteiger partial charge < -0.3 is 5.11 Å². The lowest BCUT2D eigenvalue weighted by molar-refractivity contribution is 0.0695. The van der Waals surface area contributed by atoms with Crippen molar-refractivity contribution in [3.63, 3.8) is 0 Å². The summed E-state index contributed by atoms with van der Waals surface area (Å²) in [7, 11) is 0. The van der Waals surface area contributed by atoms with Gasteiger partial charge in [-0.05, 0) is 19.9 Å². The van der Waals surface area contributed by atoms with E-state index in [1.807, 2.05) is 6.07 Å². The third-order valence-electron chi connectivity index (χ3n) is 2.61. The number of hydrogen-bond donors (Lipinski definition) is 1. The van der Waals surface area contributed by atoms with Crippen LogP contribution in [0.25, 0.3) is 5.69 Å². The van der Waals surface area contributed by atoms with Crippen molar-refractivity contribution >= 4 is 5.97 Å². The molecule has 0 aliphatic carbocycles. The second-order valence-electron chi connectivity index (χ2n) is 3.77. The molecular weight excluding hydrogens is 232 g/mol. The highest BCUT2D eigenvalue weighted by molar-refractivity contribution is 5.90. The Balaban J connectivity index is 2.62. The van der Waals surface area contributed by atoms with Crippen LogP contribution in [0.15, 0.2) is 18.3 Å². The maximum atomic E-state index is 11.1. The Bertz CT molecular complexity index is 667. The number of carboxylic acids is 1. The van der Waals surface area contributed by atoms with Crippen molar-refractivity contribution in [3.05, 3.63) is 41.0 Å². The van der Waals surface area contributed by atoms with Gasteiger partial charge >= 0.3 is 5.97 Å². The number of hydrogen-bond acceptors (Lipinski definition) is 4. The number of rotatable bonds is 2. The highest BCUT2D eigenvalue weighted by Crippen LogP contribution is 2.17. The molecule has 0 unspecified atom stereocenters. The normalized spacial score (nSPS) is 10.1. The quantitative estimate of drug-likeness (QED) is 0.860. The molecule has 0 bridgehead atoms. The van der Waals surface area contributed by atoms with Crippen molar-refractivity contribution in [1.29, 1.82) is 5.26 Å². The first-order chi connectivity index (χ1) is 8.54. The lowest BCUT2D eigenvalue weighted by atomic mass is 10.2. The zero-order valence-electron chi connectivity index (χ0n) is 9.88. The van der Waals surface area contributed by atoms with E-state index in [9.17, 15) is 4.79 Å². The molecule has 2 rings (SSSR count). The number of aromatic carboxylic acids is 1. The van der Waals surface area contributed by atoms with Crippen LogP contribution in [-0.2, 0) is 0 Å². The second-order valence-corrected chi connectivity index (χ2v) is 3.77. The topological polar surface area (TPSA) is 91.8 Å². The van der Waals surface area contributed by atoms with E-state index in [1.165, 1.54) is 10.9 Å². The van der Waals surface area contributed by atoms with E-state index in [0.29, 0.717) is 17.1 Å². The molecule has 0 amide bonds. The minimum atomic E-state index is -1.01. The molecule has 2 heterocycles. The highest BCUT2D eigenvalue weighted by Gasteiger charge is 2.18. The van der Waals surface area contributed by atoms with Gasteiger partial charge in [-0.15, -0.1) is 0 Å². The number of carbonyl (C=O) groups is 1. The summed E-state index contributed by atoms with van der Waals surface area (Å²) >= 11 is 0. The van der Waals surface area contributed by atoms with E-state index in [0.717, 1.165) is 0 Å². The smallest absolute Gasteiger partial charge is 0.339 e. The fraction of sp³-hybridized carbons (Fsp3) is 0.167. The number of aromatic nitrogens is 3. The zero-order valence-corrected chi connectivity index (χ0v) is 9.88. The van der Waals surface area contributed by atoms with E-state index < -0.39 is 5.97 Å². The third-order valence-corrected chi connectivity index (χ3v) is 2.61. The molecule has 0 spiro atoms. The number of pyridine rings is 1. The van der Waals surface area contributed by atoms with Crippen LogP contribution in [0.2, 0.25) is 0 Å². The summed E-state index contributed by atoms with van der Waals surface area (Å²) in [5.74, 6) is -1.01. The van der Waals surface area contributed by atoms with Gasteiger partial charge in [0.05, 0.1) is 17.1 Å². The SMILES string of the molecule is Cc1nn(-c2ccnc(C#N)c2)c(C)c1C(=O)O. The van der Waals surface area contributed by atoms with Gasteiger partial charge in [-0.1, -0.05) is 0 Å². The zero-order chi connectivity index (χ0) is 13.3. The maximum absolute atomic E-state index is 11.1. The molecule has 0 aliphatic heterocycles. The summed E-state index contributed by atoms with van der Waals surface area (Å²) in [4.78, 5) is 15.0. The molecule has 0 radical (unpaired) electrons. The fourth-order valence-electron chi connectivity index (χ4n) is 1.82. The fourth-order valence-corrected chi connectivity index (χ4v) is 1.82. The lowest BCUT2D eigenvalue weighted by Crippen LogP contribution is -2.03. The summed E-state index contributed by atoms with van der Waals surface area (Å²) in [6, 6.07) is 5.17. The van der Waals surface area contributed by atoms with Crippen LogP contribution in [0.1, 0.15) is 27.4 Å². The molecule has 90 valence electrons. The van der Waals surface area contributed by atoms with Crippen molar-refractivity contribution in [2.24, 2.45) is 0 Å². The minimum Gasteiger partial charge on any atom is -0.478 e. The monoisotopic (exact) mass is 242 g/mol. The average molecular weight is 242 g/mol. The van der Waals surface area contributed by atoms with Gasteiger partial charge in [0, 0.05) is 12.3 Å². The van der Waals surface area contributed by atoms with Crippen LogP contribution < -0.4 is 0 Å². The Labute approximate surface area is 103 Å². The average Bonchev–Trinajstić information content (AvgIpc) is 2.65. The van der Waals surface area contributed by atoms with Gasteiger partial charge in [-0.3, -0.25) is 0 Å². The summed E-state index contributed by atoms with van der Waals surface area (Å²) in [5, 5.41) is 22.1. The van der Waals surface area contributed by atoms with Gasteiger partial charge in [0.25, 0.3) is 0 Å². The predicted octanol–water partition coefficient (Wildman–Crippen LogP) is 1.45.